The summed E-state index contributed by atoms with van der Waals surface area (Å²) in [5.74, 6) is -1.40. The van der Waals surface area contributed by atoms with Crippen molar-refractivity contribution >= 4 is 11.9 Å². The second kappa shape index (κ2) is 11.0. The minimum Gasteiger partial charge on any atom is -0.389 e. The predicted molar refractivity (Wildman–Crippen MR) is 71.9 cm³/mol. The van der Waals surface area contributed by atoms with Gasteiger partial charge in [0.15, 0.2) is 0 Å². The van der Waals surface area contributed by atoms with Gasteiger partial charge in [-0.1, -0.05) is 58.4 Å². The number of hydrogen-bond acceptors (Lipinski definition) is 4. The summed E-state index contributed by atoms with van der Waals surface area (Å²) in [5.41, 5.74) is 5.62. The Bertz CT molecular complexity index is 264. The van der Waals surface area contributed by atoms with E-state index in [0.717, 1.165) is 18.9 Å². The standard InChI is InChI=1S/C14H25NO3/c1-3-5-6-7-8-9-10-11-12(15)14(17)18-13(16)4-2/h4,12H,2-3,5-11,15H2,1H3. The summed E-state index contributed by atoms with van der Waals surface area (Å²) in [4.78, 5) is 22.1. The molecule has 0 saturated heterocycles. The summed E-state index contributed by atoms with van der Waals surface area (Å²) in [6, 6.07) is -0.704. The van der Waals surface area contributed by atoms with E-state index in [-0.39, 0.29) is 0 Å². The predicted octanol–water partition coefficient (Wildman–Crippen LogP) is 2.71. The smallest absolute Gasteiger partial charge is 0.337 e. The van der Waals surface area contributed by atoms with Crippen LogP contribution in [-0.4, -0.2) is 18.0 Å². The van der Waals surface area contributed by atoms with Crippen LogP contribution in [0.3, 0.4) is 0 Å². The van der Waals surface area contributed by atoms with Gasteiger partial charge in [0.25, 0.3) is 0 Å². The topological polar surface area (TPSA) is 69.4 Å². The second-order valence-electron chi connectivity index (χ2n) is 4.46. The number of carbonyl (C=O) groups excluding carboxylic acids is 2. The van der Waals surface area contributed by atoms with Gasteiger partial charge in [-0.15, -0.1) is 0 Å². The summed E-state index contributed by atoms with van der Waals surface area (Å²) >= 11 is 0. The Kier molecular flexibility index (Phi) is 10.3. The number of esters is 2. The first kappa shape index (κ1) is 16.8. The lowest BCUT2D eigenvalue weighted by atomic mass is 10.1. The molecule has 0 fully saturated rings. The average Bonchev–Trinajstić information content (AvgIpc) is 2.37. The van der Waals surface area contributed by atoms with Crippen LogP contribution in [0.15, 0.2) is 12.7 Å². The van der Waals surface area contributed by atoms with E-state index >= 15 is 0 Å². The molecule has 18 heavy (non-hydrogen) atoms. The summed E-state index contributed by atoms with van der Waals surface area (Å²) < 4.78 is 4.45. The van der Waals surface area contributed by atoms with Crippen LogP contribution < -0.4 is 5.73 Å². The zero-order valence-electron chi connectivity index (χ0n) is 11.3. The molecule has 0 spiro atoms. The number of unbranched alkanes of at least 4 members (excludes halogenated alkanes) is 6. The number of carbonyl (C=O) groups is 2. The van der Waals surface area contributed by atoms with Gasteiger partial charge >= 0.3 is 11.9 Å². The third-order valence-electron chi connectivity index (χ3n) is 2.79. The molecule has 0 aromatic carbocycles. The van der Waals surface area contributed by atoms with Gasteiger partial charge in [0.05, 0.1) is 0 Å². The molecule has 0 aliphatic heterocycles. The third-order valence-corrected chi connectivity index (χ3v) is 2.79. The third kappa shape index (κ3) is 8.93. The number of ether oxygens (including phenoxy) is 1. The van der Waals surface area contributed by atoms with Crippen molar-refractivity contribution in [2.24, 2.45) is 5.73 Å². The average molecular weight is 255 g/mol. The Morgan fingerprint density at radius 1 is 1.17 bits per heavy atom. The minimum atomic E-state index is -0.741. The van der Waals surface area contributed by atoms with Crippen molar-refractivity contribution in [1.82, 2.24) is 0 Å². The highest BCUT2D eigenvalue weighted by molar-refractivity contribution is 5.93. The van der Waals surface area contributed by atoms with Crippen molar-refractivity contribution in [3.05, 3.63) is 12.7 Å². The molecule has 0 heterocycles. The van der Waals surface area contributed by atoms with Crippen molar-refractivity contribution in [2.45, 2.75) is 64.3 Å². The maximum Gasteiger partial charge on any atom is 0.337 e. The molecule has 1 atom stereocenters. The van der Waals surface area contributed by atoms with Crippen molar-refractivity contribution < 1.29 is 14.3 Å². The van der Waals surface area contributed by atoms with Crippen LogP contribution in [0.1, 0.15) is 58.3 Å². The fourth-order valence-corrected chi connectivity index (χ4v) is 1.66. The quantitative estimate of drug-likeness (QED) is 0.282. The number of hydrogen-bond donors (Lipinski definition) is 1. The first-order valence-corrected chi connectivity index (χ1v) is 6.75. The summed E-state index contributed by atoms with van der Waals surface area (Å²) in [5, 5.41) is 0. The molecule has 0 bridgehead atoms. The fourth-order valence-electron chi connectivity index (χ4n) is 1.66. The number of rotatable bonds is 10. The van der Waals surface area contributed by atoms with Crippen LogP contribution in [-0.2, 0) is 14.3 Å². The highest BCUT2D eigenvalue weighted by Gasteiger charge is 2.16. The molecule has 4 nitrogen and oxygen atoms in total. The molecule has 0 rings (SSSR count). The van der Waals surface area contributed by atoms with Crippen molar-refractivity contribution in [3.63, 3.8) is 0 Å². The lowest BCUT2D eigenvalue weighted by Crippen LogP contribution is -2.33. The Morgan fingerprint density at radius 2 is 1.72 bits per heavy atom. The van der Waals surface area contributed by atoms with Gasteiger partial charge in [-0.05, 0) is 6.42 Å². The van der Waals surface area contributed by atoms with Gasteiger partial charge in [0.2, 0.25) is 0 Å². The van der Waals surface area contributed by atoms with Crippen LogP contribution in [0.2, 0.25) is 0 Å². The van der Waals surface area contributed by atoms with Crippen LogP contribution in [0.25, 0.3) is 0 Å². The first-order valence-electron chi connectivity index (χ1n) is 6.75. The van der Waals surface area contributed by atoms with Crippen molar-refractivity contribution in [1.29, 1.82) is 0 Å². The van der Waals surface area contributed by atoms with Crippen LogP contribution in [0.4, 0.5) is 0 Å². The van der Waals surface area contributed by atoms with E-state index in [1.807, 2.05) is 0 Å². The van der Waals surface area contributed by atoms with E-state index in [1.54, 1.807) is 0 Å². The molecule has 0 aliphatic rings. The molecule has 0 amide bonds. The van der Waals surface area contributed by atoms with Crippen LogP contribution in [0, 0.1) is 0 Å². The molecule has 2 N–H and O–H groups in total. The van der Waals surface area contributed by atoms with Crippen LogP contribution >= 0.6 is 0 Å². The molecule has 0 aromatic rings. The lowest BCUT2D eigenvalue weighted by Gasteiger charge is -2.09. The van der Waals surface area contributed by atoms with Gasteiger partial charge in [-0.25, -0.2) is 9.59 Å². The maximum atomic E-state index is 11.3. The summed E-state index contributed by atoms with van der Waals surface area (Å²) in [6.45, 7) is 5.41. The van der Waals surface area contributed by atoms with Crippen molar-refractivity contribution in [3.8, 4) is 0 Å². The Morgan fingerprint density at radius 3 is 2.28 bits per heavy atom. The highest BCUT2D eigenvalue weighted by atomic mass is 16.6. The molecule has 0 aliphatic carbocycles. The van der Waals surface area contributed by atoms with Gasteiger partial charge < -0.3 is 10.5 Å². The zero-order valence-corrected chi connectivity index (χ0v) is 11.3. The summed E-state index contributed by atoms with van der Waals surface area (Å²) in [7, 11) is 0. The van der Waals surface area contributed by atoms with Gasteiger partial charge in [-0.3, -0.25) is 0 Å². The SMILES string of the molecule is C=CC(=O)OC(=O)C(N)CCCCCCCCC. The van der Waals surface area contributed by atoms with E-state index in [9.17, 15) is 9.59 Å². The van der Waals surface area contributed by atoms with E-state index < -0.39 is 18.0 Å². The molecule has 0 radical (unpaired) electrons. The van der Waals surface area contributed by atoms with Gasteiger partial charge in [0.1, 0.15) is 6.04 Å². The second-order valence-corrected chi connectivity index (χ2v) is 4.46. The molecule has 0 aromatic heterocycles. The minimum absolute atomic E-state index is 0.567. The molecule has 0 saturated carbocycles. The molecular formula is C14H25NO3. The van der Waals surface area contributed by atoms with Crippen LogP contribution in [0.5, 0.6) is 0 Å². The normalized spacial score (nSPS) is 11.9. The largest absolute Gasteiger partial charge is 0.389 e. The Balaban J connectivity index is 3.52. The highest BCUT2D eigenvalue weighted by Crippen LogP contribution is 2.09. The van der Waals surface area contributed by atoms with E-state index in [0.29, 0.717) is 6.42 Å². The summed E-state index contributed by atoms with van der Waals surface area (Å²) in [6.07, 6.45) is 9.71. The molecular weight excluding hydrogens is 230 g/mol. The van der Waals surface area contributed by atoms with E-state index in [4.69, 9.17) is 5.73 Å². The van der Waals surface area contributed by atoms with Crippen molar-refractivity contribution in [2.75, 3.05) is 0 Å². The zero-order chi connectivity index (χ0) is 13.8. The van der Waals surface area contributed by atoms with E-state index in [2.05, 4.69) is 18.2 Å². The fraction of sp³-hybridized carbons (Fsp3) is 0.714. The monoisotopic (exact) mass is 255 g/mol. The Labute approximate surface area is 110 Å². The molecule has 4 heteroatoms. The molecule has 1 unspecified atom stereocenters. The first-order chi connectivity index (χ1) is 8.61. The number of nitrogens with two attached hydrogens (primary N) is 1. The Hall–Kier alpha value is -1.16. The lowest BCUT2D eigenvalue weighted by molar-refractivity contribution is -0.157. The maximum absolute atomic E-state index is 11.3. The van der Waals surface area contributed by atoms with Gasteiger partial charge in [0, 0.05) is 6.08 Å². The van der Waals surface area contributed by atoms with Gasteiger partial charge in [-0.2, -0.15) is 0 Å². The molecule has 104 valence electrons. The van der Waals surface area contributed by atoms with E-state index in [1.165, 1.54) is 32.1 Å².